The molecule has 2 N–H and O–H groups in total. The summed E-state index contributed by atoms with van der Waals surface area (Å²) in [7, 11) is -3.10. The van der Waals surface area contributed by atoms with E-state index in [-0.39, 0.29) is 11.8 Å². The van der Waals surface area contributed by atoms with E-state index >= 15 is 0 Å². The molecule has 1 aliphatic carbocycles. The minimum atomic E-state index is -3.10. The van der Waals surface area contributed by atoms with E-state index in [2.05, 4.69) is 6.92 Å². The third-order valence-electron chi connectivity index (χ3n) is 3.55. The van der Waals surface area contributed by atoms with E-state index < -0.39 is 15.1 Å². The highest BCUT2D eigenvalue weighted by Gasteiger charge is 2.58. The van der Waals surface area contributed by atoms with E-state index in [1.54, 1.807) is 0 Å². The summed E-state index contributed by atoms with van der Waals surface area (Å²) < 4.78 is 23.4. The monoisotopic (exact) mass is 283 g/mol. The first-order chi connectivity index (χ1) is 8.36. The molecular formula is C13H17NO2S2. The number of aryl methyl sites for hydroxylation is 1. The van der Waals surface area contributed by atoms with Gasteiger partial charge in [-0.15, -0.1) is 0 Å². The summed E-state index contributed by atoms with van der Waals surface area (Å²) in [4.78, 5) is 0.301. The molecule has 0 amide bonds. The molecule has 2 rings (SSSR count). The molecule has 0 unspecified atom stereocenters. The van der Waals surface area contributed by atoms with Crippen LogP contribution in [0.2, 0.25) is 0 Å². The molecule has 3 nitrogen and oxygen atoms in total. The summed E-state index contributed by atoms with van der Waals surface area (Å²) >= 11 is 4.97. The second-order valence-corrected chi connectivity index (χ2v) is 7.52. The van der Waals surface area contributed by atoms with Crippen molar-refractivity contribution in [1.82, 2.24) is 0 Å². The quantitative estimate of drug-likeness (QED) is 0.854. The lowest BCUT2D eigenvalue weighted by molar-refractivity contribution is 0.599. The Morgan fingerprint density at radius 2 is 1.89 bits per heavy atom. The summed E-state index contributed by atoms with van der Waals surface area (Å²) in [6, 6.07) is 8.03. The van der Waals surface area contributed by atoms with Gasteiger partial charge in [-0.3, -0.25) is 0 Å². The maximum atomic E-state index is 11.7. The third-order valence-corrected chi connectivity index (χ3v) is 5.40. The molecule has 0 bridgehead atoms. The Morgan fingerprint density at radius 1 is 1.33 bits per heavy atom. The van der Waals surface area contributed by atoms with Gasteiger partial charge < -0.3 is 5.73 Å². The van der Waals surface area contributed by atoms with E-state index in [0.717, 1.165) is 12.0 Å². The summed E-state index contributed by atoms with van der Waals surface area (Å²) in [6.45, 7) is 2.09. The zero-order valence-electron chi connectivity index (χ0n) is 10.5. The van der Waals surface area contributed by atoms with Crippen molar-refractivity contribution in [2.24, 2.45) is 11.7 Å². The fourth-order valence-electron chi connectivity index (χ4n) is 2.53. The molecule has 1 saturated carbocycles. The van der Waals surface area contributed by atoms with Crippen LogP contribution >= 0.6 is 12.2 Å². The van der Waals surface area contributed by atoms with E-state index in [0.29, 0.717) is 4.99 Å². The second kappa shape index (κ2) is 4.63. The highest BCUT2D eigenvalue weighted by Crippen LogP contribution is 2.52. The van der Waals surface area contributed by atoms with E-state index in [1.807, 2.05) is 24.3 Å². The van der Waals surface area contributed by atoms with Gasteiger partial charge in [-0.1, -0.05) is 43.4 Å². The van der Waals surface area contributed by atoms with Crippen LogP contribution in [0.4, 0.5) is 0 Å². The van der Waals surface area contributed by atoms with Gasteiger partial charge in [-0.25, -0.2) is 8.42 Å². The van der Waals surface area contributed by atoms with Crippen molar-refractivity contribution in [2.45, 2.75) is 24.5 Å². The molecule has 0 spiro atoms. The molecule has 0 radical (unpaired) electrons. The van der Waals surface area contributed by atoms with Crippen LogP contribution in [0, 0.1) is 5.92 Å². The number of rotatable bonds is 4. The highest BCUT2D eigenvalue weighted by molar-refractivity contribution is 7.91. The summed E-state index contributed by atoms with van der Waals surface area (Å²) in [5.41, 5.74) is 7.89. The molecule has 5 heteroatoms. The van der Waals surface area contributed by atoms with Crippen molar-refractivity contribution >= 4 is 27.0 Å². The molecule has 1 aromatic carbocycles. The molecule has 0 saturated heterocycles. The summed E-state index contributed by atoms with van der Waals surface area (Å²) in [5, 5.41) is -0.442. The van der Waals surface area contributed by atoms with Gasteiger partial charge in [-0.05, 0) is 17.5 Å². The van der Waals surface area contributed by atoms with E-state index in [9.17, 15) is 8.42 Å². The lowest BCUT2D eigenvalue weighted by atomic mass is 10.1. The normalized spacial score (nSPS) is 26.9. The standard InChI is InChI=1S/C13H17NO2S2/c1-3-8-4-6-9(7-5-8)10-11(13(14)17)12(10)18(2,15)16/h4-7,10-12H,3H2,1-2H3,(H2,14,17)/t10-,11-,12-/m1/s1. The Hall–Kier alpha value is -0.940. The Labute approximate surface area is 113 Å². The lowest BCUT2D eigenvalue weighted by Gasteiger charge is -2.01. The van der Waals surface area contributed by atoms with Gasteiger partial charge in [0.15, 0.2) is 9.84 Å². The van der Waals surface area contributed by atoms with Crippen LogP contribution in [0.25, 0.3) is 0 Å². The Morgan fingerprint density at radius 3 is 2.22 bits per heavy atom. The fourth-order valence-corrected chi connectivity index (χ4v) is 4.52. The molecule has 3 atom stereocenters. The minimum Gasteiger partial charge on any atom is -0.393 e. The maximum absolute atomic E-state index is 11.7. The Kier molecular flexibility index (Phi) is 3.47. The summed E-state index contributed by atoms with van der Waals surface area (Å²) in [5.74, 6) is -0.272. The Balaban J connectivity index is 2.30. The minimum absolute atomic E-state index is 0.0663. The summed E-state index contributed by atoms with van der Waals surface area (Å²) in [6.07, 6.45) is 2.22. The second-order valence-electron chi connectivity index (χ2n) is 4.84. The van der Waals surface area contributed by atoms with Crippen molar-refractivity contribution < 1.29 is 8.42 Å². The van der Waals surface area contributed by atoms with Gasteiger partial charge in [0.1, 0.15) is 0 Å². The van der Waals surface area contributed by atoms with Crippen LogP contribution in [0.15, 0.2) is 24.3 Å². The van der Waals surface area contributed by atoms with Crippen LogP contribution in [0.3, 0.4) is 0 Å². The van der Waals surface area contributed by atoms with Crippen LogP contribution in [-0.2, 0) is 16.3 Å². The molecule has 0 heterocycles. The number of sulfone groups is 1. The van der Waals surface area contributed by atoms with Crippen molar-refractivity contribution in [2.75, 3.05) is 6.26 Å². The average molecular weight is 283 g/mol. The molecular weight excluding hydrogens is 266 g/mol. The first kappa shape index (κ1) is 13.5. The highest BCUT2D eigenvalue weighted by atomic mass is 32.2. The third kappa shape index (κ3) is 2.42. The lowest BCUT2D eigenvalue weighted by Crippen LogP contribution is -2.16. The van der Waals surface area contributed by atoms with Crippen LogP contribution < -0.4 is 5.73 Å². The molecule has 0 aromatic heterocycles. The van der Waals surface area contributed by atoms with Crippen molar-refractivity contribution in [1.29, 1.82) is 0 Å². The van der Waals surface area contributed by atoms with E-state index in [1.165, 1.54) is 11.8 Å². The van der Waals surface area contributed by atoms with Gasteiger partial charge >= 0.3 is 0 Å². The SMILES string of the molecule is CCc1ccc([C@@H]2[C@@H](C(N)=S)[C@@H]2S(C)(=O)=O)cc1. The number of thiocarbonyl (C=S) groups is 1. The first-order valence-corrected chi connectivity index (χ1v) is 8.29. The number of hydrogen-bond donors (Lipinski definition) is 1. The zero-order chi connectivity index (χ0) is 13.5. The molecule has 18 heavy (non-hydrogen) atoms. The smallest absolute Gasteiger partial charge is 0.151 e. The molecule has 1 aliphatic rings. The first-order valence-electron chi connectivity index (χ1n) is 5.93. The van der Waals surface area contributed by atoms with Crippen LogP contribution in [-0.4, -0.2) is 24.9 Å². The van der Waals surface area contributed by atoms with Crippen LogP contribution in [0.1, 0.15) is 24.0 Å². The number of benzene rings is 1. The van der Waals surface area contributed by atoms with Gasteiger partial charge in [0.25, 0.3) is 0 Å². The van der Waals surface area contributed by atoms with Gasteiger partial charge in [0.2, 0.25) is 0 Å². The van der Waals surface area contributed by atoms with Crippen molar-refractivity contribution in [3.63, 3.8) is 0 Å². The predicted molar refractivity (Wildman–Crippen MR) is 77.5 cm³/mol. The van der Waals surface area contributed by atoms with Crippen molar-refractivity contribution in [3.8, 4) is 0 Å². The average Bonchev–Trinajstić information content (AvgIpc) is 3.04. The van der Waals surface area contributed by atoms with Gasteiger partial charge in [0.05, 0.1) is 10.2 Å². The predicted octanol–water partition coefficient (Wildman–Crippen LogP) is 1.66. The van der Waals surface area contributed by atoms with Crippen molar-refractivity contribution in [3.05, 3.63) is 35.4 Å². The van der Waals surface area contributed by atoms with Gasteiger partial charge in [-0.2, -0.15) is 0 Å². The molecule has 98 valence electrons. The maximum Gasteiger partial charge on any atom is 0.151 e. The number of nitrogens with two attached hydrogens (primary N) is 1. The molecule has 0 aliphatic heterocycles. The Bertz CT molecular complexity index is 563. The van der Waals surface area contributed by atoms with Crippen LogP contribution in [0.5, 0.6) is 0 Å². The topological polar surface area (TPSA) is 60.2 Å². The fraction of sp³-hybridized carbons (Fsp3) is 0.462. The van der Waals surface area contributed by atoms with E-state index in [4.69, 9.17) is 18.0 Å². The zero-order valence-corrected chi connectivity index (χ0v) is 12.1. The molecule has 1 fully saturated rings. The number of hydrogen-bond acceptors (Lipinski definition) is 3. The largest absolute Gasteiger partial charge is 0.393 e. The molecule has 1 aromatic rings. The van der Waals surface area contributed by atoms with Gasteiger partial charge in [0, 0.05) is 18.1 Å².